The number of aliphatic hydroxyl groups is 2. The second kappa shape index (κ2) is 8.64. The van der Waals surface area contributed by atoms with Gasteiger partial charge in [-0.3, -0.25) is 4.72 Å². The first-order valence-corrected chi connectivity index (χ1v) is 11.1. The van der Waals surface area contributed by atoms with E-state index in [1.165, 1.54) is 12.1 Å². The second-order valence-corrected chi connectivity index (χ2v) is 9.60. The van der Waals surface area contributed by atoms with Crippen LogP contribution in [-0.4, -0.2) is 36.1 Å². The lowest BCUT2D eigenvalue weighted by Crippen LogP contribution is -2.34. The van der Waals surface area contributed by atoms with E-state index in [2.05, 4.69) is 5.32 Å². The number of hydrogen-bond acceptors (Lipinski definition) is 5. The molecule has 3 rings (SSSR count). The van der Waals surface area contributed by atoms with Crippen molar-refractivity contribution in [1.82, 2.24) is 0 Å². The molecule has 2 aromatic carbocycles. The van der Waals surface area contributed by atoms with Crippen molar-refractivity contribution < 1.29 is 36.2 Å². The first-order valence-electron chi connectivity index (χ1n) is 9.58. The Morgan fingerprint density at radius 3 is 2.29 bits per heavy atom. The molecule has 0 aliphatic heterocycles. The maximum Gasteiger partial charge on any atom is 0.238 e. The lowest BCUT2D eigenvalue weighted by Gasteiger charge is -2.22. The van der Waals surface area contributed by atoms with Crippen molar-refractivity contribution in [2.45, 2.75) is 43.5 Å². The zero-order valence-electron chi connectivity index (χ0n) is 16.6. The van der Waals surface area contributed by atoms with Crippen LogP contribution in [0.25, 0.3) is 0 Å². The molecule has 0 spiro atoms. The van der Waals surface area contributed by atoms with Gasteiger partial charge in [0, 0.05) is 6.07 Å². The highest BCUT2D eigenvalue weighted by atomic mass is 32.2. The van der Waals surface area contributed by atoms with Crippen LogP contribution in [0, 0.1) is 23.3 Å². The van der Waals surface area contributed by atoms with E-state index in [0.29, 0.717) is 12.0 Å². The first kappa shape index (κ1) is 23.3. The average molecular weight is 462 g/mol. The molecule has 1 fully saturated rings. The minimum Gasteiger partial charge on any atom is -0.394 e. The number of sulfonamides is 1. The van der Waals surface area contributed by atoms with Crippen LogP contribution in [0.15, 0.2) is 24.3 Å². The van der Waals surface area contributed by atoms with Crippen molar-refractivity contribution in [2.75, 3.05) is 16.6 Å². The van der Waals surface area contributed by atoms with Crippen LogP contribution in [0.1, 0.15) is 31.7 Å². The normalized spacial score (nSPS) is 16.1. The highest BCUT2D eigenvalue weighted by Gasteiger charge is 2.55. The van der Waals surface area contributed by atoms with E-state index in [-0.39, 0.29) is 31.0 Å². The van der Waals surface area contributed by atoms with Crippen molar-refractivity contribution in [1.29, 1.82) is 0 Å². The van der Waals surface area contributed by atoms with Crippen LogP contribution >= 0.6 is 0 Å². The molecule has 0 heterocycles. The highest BCUT2D eigenvalue weighted by Crippen LogP contribution is 2.48. The molecule has 0 amide bonds. The van der Waals surface area contributed by atoms with Gasteiger partial charge in [0.1, 0.15) is 17.2 Å². The fourth-order valence-corrected chi connectivity index (χ4v) is 5.02. The van der Waals surface area contributed by atoms with Crippen molar-refractivity contribution in [2.24, 2.45) is 0 Å². The molecule has 11 heteroatoms. The van der Waals surface area contributed by atoms with E-state index in [1.807, 2.05) is 4.72 Å². The van der Waals surface area contributed by atoms with Crippen LogP contribution in [0.4, 0.5) is 34.6 Å². The smallest absolute Gasteiger partial charge is 0.238 e. The molecular formula is C20H22F4N2O4S. The van der Waals surface area contributed by atoms with Gasteiger partial charge in [-0.05, 0) is 43.4 Å². The molecular weight excluding hydrogens is 440 g/mol. The van der Waals surface area contributed by atoms with E-state index in [1.54, 1.807) is 6.92 Å². The van der Waals surface area contributed by atoms with Gasteiger partial charge in [0.15, 0.2) is 17.5 Å². The summed E-state index contributed by atoms with van der Waals surface area (Å²) < 4.78 is 83.4. The fraction of sp³-hybridized carbons (Fsp3) is 0.400. The summed E-state index contributed by atoms with van der Waals surface area (Å²) in [5, 5.41) is 20.9. The summed E-state index contributed by atoms with van der Waals surface area (Å²) in [6, 6.07) is 4.11. The number of anilines is 3. The molecule has 0 saturated heterocycles. The van der Waals surface area contributed by atoms with Gasteiger partial charge in [0.25, 0.3) is 0 Å². The third-order valence-corrected chi connectivity index (χ3v) is 7.49. The maximum atomic E-state index is 14.5. The molecule has 0 bridgehead atoms. The fourth-order valence-electron chi connectivity index (χ4n) is 3.29. The molecule has 1 saturated carbocycles. The summed E-state index contributed by atoms with van der Waals surface area (Å²) in [7, 11) is -4.38. The summed E-state index contributed by atoms with van der Waals surface area (Å²) in [5.41, 5.74) is -1.50. The lowest BCUT2D eigenvalue weighted by molar-refractivity contribution is 0.0858. The van der Waals surface area contributed by atoms with E-state index >= 15 is 0 Å². The number of nitrogens with one attached hydrogen (secondary N) is 2. The quantitative estimate of drug-likeness (QED) is 0.337. The standard InChI is InChI=1S/C20H22F4N2O4S/c1-2-11-3-4-16(13(21)7-11)25-19-17(24)14(22)8-15(23)18(19)26-31(29,30)20(5-6-20)9-12(28)10-27/h3-4,7-8,12,25-28H,2,5-6,9-10H2,1H3. The van der Waals surface area contributed by atoms with E-state index < -0.39 is 62.1 Å². The predicted octanol–water partition coefficient (Wildman–Crippen LogP) is 3.57. The number of aryl methyl sites for hydroxylation is 1. The van der Waals surface area contributed by atoms with Crippen LogP contribution in [0.5, 0.6) is 0 Å². The number of halogens is 4. The molecule has 2 aromatic rings. The largest absolute Gasteiger partial charge is 0.394 e. The van der Waals surface area contributed by atoms with Crippen LogP contribution < -0.4 is 10.0 Å². The SMILES string of the molecule is CCc1ccc(Nc2c(F)c(F)cc(F)c2NS(=O)(=O)C2(CC(O)CO)CC2)c(F)c1. The zero-order valence-corrected chi connectivity index (χ0v) is 17.4. The van der Waals surface area contributed by atoms with Gasteiger partial charge in [-0.15, -0.1) is 0 Å². The average Bonchev–Trinajstić information content (AvgIpc) is 3.51. The topological polar surface area (TPSA) is 98.7 Å². The second-order valence-electron chi connectivity index (χ2n) is 7.53. The minimum atomic E-state index is -4.38. The Labute approximate surface area is 177 Å². The lowest BCUT2D eigenvalue weighted by atomic mass is 10.1. The Kier molecular flexibility index (Phi) is 6.49. The van der Waals surface area contributed by atoms with Gasteiger partial charge >= 0.3 is 0 Å². The maximum absolute atomic E-state index is 14.5. The molecule has 31 heavy (non-hydrogen) atoms. The number of aliphatic hydroxyl groups excluding tert-OH is 2. The Balaban J connectivity index is 2.01. The van der Waals surface area contributed by atoms with Crippen molar-refractivity contribution in [3.63, 3.8) is 0 Å². The molecule has 1 unspecified atom stereocenters. The molecule has 6 nitrogen and oxygen atoms in total. The van der Waals surface area contributed by atoms with Crippen molar-refractivity contribution >= 4 is 27.1 Å². The summed E-state index contributed by atoms with van der Waals surface area (Å²) >= 11 is 0. The van der Waals surface area contributed by atoms with Crippen molar-refractivity contribution in [3.05, 3.63) is 53.1 Å². The molecule has 4 N–H and O–H groups in total. The van der Waals surface area contributed by atoms with Gasteiger partial charge in [-0.1, -0.05) is 13.0 Å². The first-order chi connectivity index (χ1) is 14.5. The van der Waals surface area contributed by atoms with E-state index in [9.17, 15) is 31.1 Å². The number of hydrogen-bond donors (Lipinski definition) is 4. The van der Waals surface area contributed by atoms with Crippen LogP contribution in [-0.2, 0) is 16.4 Å². The van der Waals surface area contributed by atoms with Gasteiger partial charge in [-0.2, -0.15) is 0 Å². The van der Waals surface area contributed by atoms with Gasteiger partial charge < -0.3 is 15.5 Å². The van der Waals surface area contributed by atoms with Gasteiger partial charge in [-0.25, -0.2) is 26.0 Å². The molecule has 1 atom stereocenters. The highest BCUT2D eigenvalue weighted by molar-refractivity contribution is 7.94. The molecule has 1 aliphatic rings. The molecule has 0 radical (unpaired) electrons. The minimum absolute atomic E-state index is 0.126. The monoisotopic (exact) mass is 462 g/mol. The van der Waals surface area contributed by atoms with Crippen LogP contribution in [0.3, 0.4) is 0 Å². The third-order valence-electron chi connectivity index (χ3n) is 5.31. The van der Waals surface area contributed by atoms with Crippen molar-refractivity contribution in [3.8, 4) is 0 Å². The Morgan fingerprint density at radius 2 is 1.74 bits per heavy atom. The van der Waals surface area contributed by atoms with Crippen LogP contribution in [0.2, 0.25) is 0 Å². The Hall–Kier alpha value is -2.37. The Bertz CT molecular complexity index is 1090. The summed E-state index contributed by atoms with van der Waals surface area (Å²) in [4.78, 5) is 0. The van der Waals surface area contributed by atoms with E-state index in [0.717, 1.165) is 6.07 Å². The predicted molar refractivity (Wildman–Crippen MR) is 108 cm³/mol. The summed E-state index contributed by atoms with van der Waals surface area (Å²) in [6.45, 7) is 1.12. The summed E-state index contributed by atoms with van der Waals surface area (Å²) in [5.74, 6) is -5.42. The van der Waals surface area contributed by atoms with E-state index in [4.69, 9.17) is 5.11 Å². The third kappa shape index (κ3) is 4.63. The Morgan fingerprint density at radius 1 is 1.06 bits per heavy atom. The number of rotatable bonds is 9. The molecule has 1 aliphatic carbocycles. The zero-order chi connectivity index (χ0) is 23.0. The molecule has 0 aromatic heterocycles. The number of benzene rings is 2. The molecule has 170 valence electrons. The van der Waals surface area contributed by atoms with Gasteiger partial charge in [0.05, 0.1) is 23.1 Å². The summed E-state index contributed by atoms with van der Waals surface area (Å²) in [6.07, 6.45) is -0.869. The van der Waals surface area contributed by atoms with Gasteiger partial charge in [0.2, 0.25) is 10.0 Å².